The van der Waals surface area contributed by atoms with Crippen molar-refractivity contribution in [2.45, 2.75) is 45.8 Å². The number of methoxy groups -OCH3 is 1. The van der Waals surface area contributed by atoms with Gasteiger partial charge in [0.05, 0.1) is 32.2 Å². The molecule has 0 bridgehead atoms. The Morgan fingerprint density at radius 2 is 2.04 bits per heavy atom. The van der Waals surface area contributed by atoms with Gasteiger partial charge in [-0.05, 0) is 37.3 Å². The number of hydrogen-bond donors (Lipinski definition) is 0. The maximum Gasteiger partial charge on any atom is 0.309 e. The maximum absolute atomic E-state index is 12.4. The van der Waals surface area contributed by atoms with Crippen LogP contribution in [0.4, 0.5) is 0 Å². The fraction of sp³-hybridized carbons (Fsp3) is 0.409. The minimum atomic E-state index is -0.245. The van der Waals surface area contributed by atoms with Crippen molar-refractivity contribution in [3.63, 3.8) is 0 Å². The third-order valence-electron chi connectivity index (χ3n) is 5.17. The van der Waals surface area contributed by atoms with Gasteiger partial charge < -0.3 is 9.47 Å². The highest BCUT2D eigenvalue weighted by atomic mass is 16.5. The minimum Gasteiger partial charge on any atom is -0.469 e. The molecule has 0 saturated carbocycles. The van der Waals surface area contributed by atoms with Gasteiger partial charge in [0.1, 0.15) is 6.61 Å². The summed E-state index contributed by atoms with van der Waals surface area (Å²) in [5, 5.41) is 4.39. The van der Waals surface area contributed by atoms with Crippen LogP contribution in [-0.4, -0.2) is 28.8 Å². The Morgan fingerprint density at radius 1 is 1.25 bits per heavy atom. The molecule has 3 rings (SSSR count). The lowest BCUT2D eigenvalue weighted by Gasteiger charge is -2.20. The van der Waals surface area contributed by atoms with E-state index in [9.17, 15) is 9.59 Å². The summed E-state index contributed by atoms with van der Waals surface area (Å²) in [6.45, 7) is 2.82. The molecule has 28 heavy (non-hydrogen) atoms. The second kappa shape index (κ2) is 9.35. The van der Waals surface area contributed by atoms with E-state index in [4.69, 9.17) is 4.74 Å². The van der Waals surface area contributed by atoms with Gasteiger partial charge in [-0.15, -0.1) is 0 Å². The van der Waals surface area contributed by atoms with Crippen molar-refractivity contribution in [2.75, 3.05) is 7.11 Å². The van der Waals surface area contributed by atoms with Crippen LogP contribution >= 0.6 is 0 Å². The molecule has 1 unspecified atom stereocenters. The summed E-state index contributed by atoms with van der Waals surface area (Å²) in [6, 6.07) is 9.72. The third-order valence-corrected chi connectivity index (χ3v) is 5.17. The number of benzene rings is 1. The highest BCUT2D eigenvalue weighted by molar-refractivity contribution is 5.76. The number of allylic oxidation sites excluding steroid dienone is 2. The topological polar surface area (TPSA) is 70.4 Å². The predicted octanol–water partition coefficient (Wildman–Crippen LogP) is 3.68. The van der Waals surface area contributed by atoms with Gasteiger partial charge in [-0.1, -0.05) is 36.4 Å². The Hall–Kier alpha value is -2.89. The van der Waals surface area contributed by atoms with Crippen molar-refractivity contribution >= 4 is 17.5 Å². The second-order valence-corrected chi connectivity index (χ2v) is 6.99. The molecule has 0 spiro atoms. The number of aromatic nitrogens is 2. The van der Waals surface area contributed by atoms with Gasteiger partial charge in [-0.3, -0.25) is 14.3 Å². The van der Waals surface area contributed by atoms with Gasteiger partial charge in [0.15, 0.2) is 0 Å². The molecule has 1 heterocycles. The van der Waals surface area contributed by atoms with Crippen molar-refractivity contribution < 1.29 is 19.1 Å². The van der Waals surface area contributed by atoms with Crippen LogP contribution in [0.5, 0.6) is 0 Å². The smallest absolute Gasteiger partial charge is 0.309 e. The Balaban J connectivity index is 1.55. The summed E-state index contributed by atoms with van der Waals surface area (Å²) in [5.41, 5.74) is 4.31. The number of esters is 2. The summed E-state index contributed by atoms with van der Waals surface area (Å²) in [5.74, 6) is -0.475. The van der Waals surface area contributed by atoms with Crippen LogP contribution in [0.25, 0.3) is 5.57 Å². The van der Waals surface area contributed by atoms with E-state index in [0.717, 1.165) is 29.7 Å². The molecule has 1 atom stereocenters. The molecule has 0 saturated heterocycles. The molecule has 6 heteroatoms. The van der Waals surface area contributed by atoms with Gasteiger partial charge >= 0.3 is 11.9 Å². The molecule has 1 aliphatic rings. The van der Waals surface area contributed by atoms with Gasteiger partial charge in [-0.25, -0.2) is 0 Å². The normalized spacial score (nSPS) is 16.4. The first-order valence-corrected chi connectivity index (χ1v) is 9.57. The van der Waals surface area contributed by atoms with Crippen LogP contribution in [-0.2, 0) is 32.2 Å². The SMILES string of the molecule is COC(=O)CCn1ncc(C2=CCC(C(=O)OCc3ccccc3)CC2)c1C. The molecule has 0 radical (unpaired) electrons. The van der Waals surface area contributed by atoms with Crippen LogP contribution in [0.3, 0.4) is 0 Å². The average Bonchev–Trinajstić information content (AvgIpc) is 3.11. The average molecular weight is 382 g/mol. The Labute approximate surface area is 165 Å². The van der Waals surface area contributed by atoms with Crippen LogP contribution in [0.1, 0.15) is 42.5 Å². The van der Waals surface area contributed by atoms with Gasteiger partial charge in [-0.2, -0.15) is 5.10 Å². The monoisotopic (exact) mass is 382 g/mol. The van der Waals surface area contributed by atoms with E-state index in [0.29, 0.717) is 26.0 Å². The summed E-state index contributed by atoms with van der Waals surface area (Å²) >= 11 is 0. The molecular weight excluding hydrogens is 356 g/mol. The number of rotatable bonds is 7. The molecule has 0 amide bonds. The van der Waals surface area contributed by atoms with Crippen LogP contribution in [0, 0.1) is 12.8 Å². The first kappa shape index (κ1) is 19.9. The van der Waals surface area contributed by atoms with E-state index in [1.807, 2.05) is 48.1 Å². The predicted molar refractivity (Wildman–Crippen MR) is 105 cm³/mol. The highest BCUT2D eigenvalue weighted by Crippen LogP contribution is 2.32. The van der Waals surface area contributed by atoms with Gasteiger partial charge in [0.2, 0.25) is 0 Å². The number of carbonyl (C=O) groups excluding carboxylic acids is 2. The van der Waals surface area contributed by atoms with E-state index in [1.165, 1.54) is 12.7 Å². The molecule has 2 aromatic rings. The molecule has 1 aromatic carbocycles. The van der Waals surface area contributed by atoms with Gasteiger partial charge in [0, 0.05) is 11.3 Å². The molecule has 1 aromatic heterocycles. The zero-order valence-corrected chi connectivity index (χ0v) is 16.4. The fourth-order valence-corrected chi connectivity index (χ4v) is 3.43. The molecule has 148 valence electrons. The number of nitrogens with zero attached hydrogens (tertiary/aromatic N) is 2. The molecule has 1 aliphatic carbocycles. The summed E-state index contributed by atoms with van der Waals surface area (Å²) in [7, 11) is 1.39. The quantitative estimate of drug-likeness (QED) is 0.683. The van der Waals surface area contributed by atoms with Crippen LogP contribution in [0.15, 0.2) is 42.6 Å². The Morgan fingerprint density at radius 3 is 2.71 bits per heavy atom. The molecular formula is C22H26N2O4. The molecule has 0 fully saturated rings. The Kier molecular flexibility index (Phi) is 6.63. The third kappa shape index (κ3) is 4.88. The van der Waals surface area contributed by atoms with Crippen LogP contribution in [0.2, 0.25) is 0 Å². The van der Waals surface area contributed by atoms with E-state index < -0.39 is 0 Å². The maximum atomic E-state index is 12.4. The highest BCUT2D eigenvalue weighted by Gasteiger charge is 2.24. The molecule has 0 N–H and O–H groups in total. The largest absolute Gasteiger partial charge is 0.469 e. The number of carbonyl (C=O) groups is 2. The standard InChI is InChI=1S/C22H26N2O4/c1-16-20(14-23-24(16)13-12-21(25)27-2)18-8-10-19(11-9-18)22(26)28-15-17-6-4-3-5-7-17/h3-8,14,19H,9-13,15H2,1-2H3. The molecule has 6 nitrogen and oxygen atoms in total. The van der Waals surface area contributed by atoms with Crippen LogP contribution < -0.4 is 0 Å². The van der Waals surface area contributed by atoms with Crippen molar-refractivity contribution in [1.82, 2.24) is 9.78 Å². The van der Waals surface area contributed by atoms with Crippen molar-refractivity contribution in [3.05, 3.63) is 59.4 Å². The lowest BCUT2D eigenvalue weighted by molar-refractivity contribution is -0.150. The van der Waals surface area contributed by atoms with E-state index in [1.54, 1.807) is 0 Å². The zero-order chi connectivity index (χ0) is 19.9. The van der Waals surface area contributed by atoms with E-state index >= 15 is 0 Å². The minimum absolute atomic E-state index is 0.0952. The lowest BCUT2D eigenvalue weighted by Crippen LogP contribution is -2.19. The first-order chi connectivity index (χ1) is 13.6. The van der Waals surface area contributed by atoms with E-state index in [2.05, 4.69) is 15.9 Å². The lowest BCUT2D eigenvalue weighted by atomic mass is 9.87. The van der Waals surface area contributed by atoms with Crippen molar-refractivity contribution in [2.24, 2.45) is 5.92 Å². The number of aryl methyl sites for hydroxylation is 1. The Bertz CT molecular complexity index is 855. The second-order valence-electron chi connectivity index (χ2n) is 6.99. The number of hydrogen-bond acceptors (Lipinski definition) is 5. The first-order valence-electron chi connectivity index (χ1n) is 9.57. The fourth-order valence-electron chi connectivity index (χ4n) is 3.43. The summed E-state index contributed by atoms with van der Waals surface area (Å²) < 4.78 is 12.0. The van der Waals surface area contributed by atoms with E-state index in [-0.39, 0.29) is 17.9 Å². The van der Waals surface area contributed by atoms with Gasteiger partial charge in [0.25, 0.3) is 0 Å². The number of ether oxygens (including phenoxy) is 2. The van der Waals surface area contributed by atoms with Crippen molar-refractivity contribution in [3.8, 4) is 0 Å². The molecule has 0 aliphatic heterocycles. The summed E-state index contributed by atoms with van der Waals surface area (Å²) in [4.78, 5) is 23.7. The summed E-state index contributed by atoms with van der Waals surface area (Å²) in [6.07, 6.45) is 6.52. The zero-order valence-electron chi connectivity index (χ0n) is 16.4. The van der Waals surface area contributed by atoms with Crippen molar-refractivity contribution in [1.29, 1.82) is 0 Å².